The predicted octanol–water partition coefficient (Wildman–Crippen LogP) is 0.869. The second-order valence-electron chi connectivity index (χ2n) is 1.94. The first-order valence-corrected chi connectivity index (χ1v) is 2.98. The van der Waals surface area contributed by atoms with Gasteiger partial charge in [0.05, 0.1) is 19.1 Å². The fourth-order valence-corrected chi connectivity index (χ4v) is 0.909. The molecule has 0 saturated carbocycles. The van der Waals surface area contributed by atoms with Crippen LogP contribution < -0.4 is 0 Å². The molecule has 1 atom stereocenters. The van der Waals surface area contributed by atoms with Gasteiger partial charge in [-0.1, -0.05) is 11.6 Å². The first kappa shape index (κ1) is 6.71. The number of ether oxygens (including phenoxy) is 1. The minimum Gasteiger partial charge on any atom is -0.374 e. The zero-order chi connectivity index (χ0) is 6.85. The summed E-state index contributed by atoms with van der Waals surface area (Å²) in [5.74, 6) is -0.258. The molecule has 0 aromatic carbocycles. The molecule has 3 nitrogen and oxygen atoms in total. The third-order valence-electron chi connectivity index (χ3n) is 1.27. The number of rotatable bonds is 1. The Balaban J connectivity index is 2.60. The number of hydrogen-bond donors (Lipinski definition) is 2. The van der Waals surface area contributed by atoms with E-state index in [0.717, 1.165) is 0 Å². The molecule has 1 fully saturated rings. The van der Waals surface area contributed by atoms with Crippen LogP contribution in [0.2, 0.25) is 0 Å². The van der Waals surface area contributed by atoms with E-state index < -0.39 is 0 Å². The lowest BCUT2D eigenvalue weighted by molar-refractivity contribution is 0.200. The van der Waals surface area contributed by atoms with E-state index in [1.54, 1.807) is 0 Å². The summed E-state index contributed by atoms with van der Waals surface area (Å²) in [5, 5.41) is 14.2. The van der Waals surface area contributed by atoms with E-state index in [0.29, 0.717) is 18.9 Å². The first-order valence-electron chi connectivity index (χ1n) is 2.61. The van der Waals surface area contributed by atoms with Crippen molar-refractivity contribution in [1.29, 1.82) is 10.8 Å². The quantitative estimate of drug-likeness (QED) is 0.530. The summed E-state index contributed by atoms with van der Waals surface area (Å²) < 4.78 is 4.88. The smallest absolute Gasteiger partial charge is 0.108 e. The molecule has 0 amide bonds. The molecule has 1 saturated heterocycles. The van der Waals surface area contributed by atoms with Crippen molar-refractivity contribution in [2.75, 3.05) is 13.2 Å². The van der Waals surface area contributed by atoms with Crippen LogP contribution in [0.1, 0.15) is 0 Å². The predicted molar refractivity (Wildman–Crippen MR) is 35.6 cm³/mol. The Morgan fingerprint density at radius 1 is 1.78 bits per heavy atom. The maximum absolute atomic E-state index is 7.19. The van der Waals surface area contributed by atoms with Gasteiger partial charge in [0.1, 0.15) is 5.17 Å². The van der Waals surface area contributed by atoms with E-state index >= 15 is 0 Å². The van der Waals surface area contributed by atoms with Gasteiger partial charge < -0.3 is 10.1 Å². The summed E-state index contributed by atoms with van der Waals surface area (Å²) in [6, 6.07) is 0. The monoisotopic (exact) mass is 146 g/mol. The van der Waals surface area contributed by atoms with Crippen LogP contribution in [0.5, 0.6) is 0 Å². The lowest BCUT2D eigenvalue weighted by Crippen LogP contribution is -2.16. The van der Waals surface area contributed by atoms with Gasteiger partial charge in [0, 0.05) is 5.71 Å². The van der Waals surface area contributed by atoms with Crippen LogP contribution in [0, 0.1) is 16.7 Å². The highest BCUT2D eigenvalue weighted by atomic mass is 35.5. The Morgan fingerprint density at radius 3 is 2.67 bits per heavy atom. The molecule has 1 heterocycles. The maximum atomic E-state index is 7.19. The molecule has 1 aliphatic rings. The fourth-order valence-electron chi connectivity index (χ4n) is 0.714. The van der Waals surface area contributed by atoms with Crippen LogP contribution in [0.4, 0.5) is 0 Å². The number of halogens is 1. The van der Waals surface area contributed by atoms with Gasteiger partial charge in [-0.3, -0.25) is 5.41 Å². The summed E-state index contributed by atoms with van der Waals surface area (Å²) in [6.45, 7) is 0.737. The summed E-state index contributed by atoms with van der Waals surface area (Å²) in [4.78, 5) is 0. The van der Waals surface area contributed by atoms with Crippen LogP contribution in [0.15, 0.2) is 0 Å². The maximum Gasteiger partial charge on any atom is 0.108 e. The molecule has 0 aliphatic carbocycles. The molecule has 50 valence electrons. The number of nitrogens with one attached hydrogen (secondary N) is 2. The van der Waals surface area contributed by atoms with Crippen LogP contribution >= 0.6 is 11.6 Å². The van der Waals surface area contributed by atoms with Gasteiger partial charge in [-0.25, -0.2) is 0 Å². The topological polar surface area (TPSA) is 56.9 Å². The highest BCUT2D eigenvalue weighted by Crippen LogP contribution is 2.11. The van der Waals surface area contributed by atoms with E-state index in [1.165, 1.54) is 0 Å². The van der Waals surface area contributed by atoms with E-state index in [9.17, 15) is 0 Å². The average Bonchev–Trinajstić information content (AvgIpc) is 2.13. The van der Waals surface area contributed by atoms with Gasteiger partial charge >= 0.3 is 0 Å². The van der Waals surface area contributed by atoms with Gasteiger partial charge in [-0.15, -0.1) is 0 Å². The second-order valence-corrected chi connectivity index (χ2v) is 2.35. The van der Waals surface area contributed by atoms with Crippen molar-refractivity contribution in [3.63, 3.8) is 0 Å². The minimum absolute atomic E-state index is 0.0116. The lowest BCUT2D eigenvalue weighted by Gasteiger charge is -2.00. The van der Waals surface area contributed by atoms with Crippen LogP contribution in [-0.4, -0.2) is 24.1 Å². The Morgan fingerprint density at radius 2 is 2.44 bits per heavy atom. The zero-order valence-corrected chi connectivity index (χ0v) is 5.53. The molecular formula is C5H7ClN2O. The first-order chi connectivity index (χ1) is 4.22. The fraction of sp³-hybridized carbons (Fsp3) is 0.600. The summed E-state index contributed by atoms with van der Waals surface area (Å²) in [6.07, 6.45) is 0. The second kappa shape index (κ2) is 2.45. The normalized spacial score (nSPS) is 26.8. The Bertz CT molecular complexity index is 157. The molecule has 2 N–H and O–H groups in total. The average molecular weight is 147 g/mol. The molecule has 0 bridgehead atoms. The lowest BCUT2D eigenvalue weighted by atomic mass is 10.1. The zero-order valence-electron chi connectivity index (χ0n) is 4.78. The molecule has 4 heteroatoms. The largest absolute Gasteiger partial charge is 0.374 e. The summed E-state index contributed by atoms with van der Waals surface area (Å²) in [5.41, 5.74) is 0.412. The molecule has 0 spiro atoms. The minimum atomic E-state index is -0.258. The van der Waals surface area contributed by atoms with Gasteiger partial charge in [-0.05, 0) is 0 Å². The van der Waals surface area contributed by atoms with Crippen LogP contribution in [-0.2, 0) is 4.74 Å². The molecule has 0 aromatic rings. The Kier molecular flexibility index (Phi) is 1.83. The SMILES string of the molecule is N=C(Cl)C1COCC1=N. The van der Waals surface area contributed by atoms with Crippen molar-refractivity contribution in [2.24, 2.45) is 5.92 Å². The van der Waals surface area contributed by atoms with E-state index in [2.05, 4.69) is 0 Å². The van der Waals surface area contributed by atoms with Crippen LogP contribution in [0.3, 0.4) is 0 Å². The third-order valence-corrected chi connectivity index (χ3v) is 1.53. The van der Waals surface area contributed by atoms with Gasteiger partial charge in [0.15, 0.2) is 0 Å². The van der Waals surface area contributed by atoms with Crippen molar-refractivity contribution >= 4 is 22.5 Å². The van der Waals surface area contributed by atoms with E-state index in [4.69, 9.17) is 27.2 Å². The van der Waals surface area contributed by atoms with E-state index in [1.807, 2.05) is 0 Å². The highest BCUT2D eigenvalue weighted by Gasteiger charge is 2.24. The molecule has 1 rings (SSSR count). The Labute approximate surface area is 58.0 Å². The molecule has 0 aromatic heterocycles. The standard InChI is InChI=1S/C5H7ClN2O/c6-5(8)3-1-9-2-4(3)7/h3,7-8H,1-2H2. The van der Waals surface area contributed by atoms with Crippen molar-refractivity contribution < 1.29 is 4.74 Å². The molecule has 1 unspecified atom stereocenters. The van der Waals surface area contributed by atoms with Gasteiger partial charge in [0.2, 0.25) is 0 Å². The highest BCUT2D eigenvalue weighted by molar-refractivity contribution is 6.66. The van der Waals surface area contributed by atoms with E-state index in [-0.39, 0.29) is 11.1 Å². The van der Waals surface area contributed by atoms with Crippen molar-refractivity contribution in [3.05, 3.63) is 0 Å². The third kappa shape index (κ3) is 1.28. The molecule has 9 heavy (non-hydrogen) atoms. The summed E-state index contributed by atoms with van der Waals surface area (Å²) in [7, 11) is 0. The van der Waals surface area contributed by atoms with Crippen molar-refractivity contribution in [3.8, 4) is 0 Å². The van der Waals surface area contributed by atoms with Gasteiger partial charge in [0.25, 0.3) is 0 Å². The van der Waals surface area contributed by atoms with Crippen LogP contribution in [0.25, 0.3) is 0 Å². The number of hydrogen-bond acceptors (Lipinski definition) is 3. The molecular weight excluding hydrogens is 140 g/mol. The van der Waals surface area contributed by atoms with Crippen molar-refractivity contribution in [2.45, 2.75) is 0 Å². The molecule has 1 aliphatic heterocycles. The van der Waals surface area contributed by atoms with Crippen molar-refractivity contribution in [1.82, 2.24) is 0 Å². The molecule has 0 radical (unpaired) electrons. The summed E-state index contributed by atoms with van der Waals surface area (Å²) >= 11 is 5.34. The van der Waals surface area contributed by atoms with Gasteiger partial charge in [-0.2, -0.15) is 0 Å². The Hall–Kier alpha value is -0.410.